The summed E-state index contributed by atoms with van der Waals surface area (Å²) in [4.78, 5) is 12.4. The molecule has 0 amide bonds. The first-order valence-electron chi connectivity index (χ1n) is 8.43. The summed E-state index contributed by atoms with van der Waals surface area (Å²) in [6.45, 7) is 4.53. The molecule has 1 aromatic carbocycles. The minimum atomic E-state index is 0.292. The van der Waals surface area contributed by atoms with Gasteiger partial charge in [0, 0.05) is 17.4 Å². The number of hydrogen-bond donors (Lipinski definition) is 0. The molecule has 0 N–H and O–H groups in total. The topological polar surface area (TPSA) is 17.1 Å². The SMILES string of the molecule is CC(C)Cc1ccc2c(c1)C1(CCC2=O)CC2=CCC1C2. The Balaban J connectivity index is 1.82. The maximum absolute atomic E-state index is 12.4. The largest absolute Gasteiger partial charge is 0.294 e. The molecule has 2 atom stereocenters. The third kappa shape index (κ3) is 1.93. The highest BCUT2D eigenvalue weighted by atomic mass is 16.1. The van der Waals surface area contributed by atoms with E-state index in [0.717, 1.165) is 30.7 Å². The van der Waals surface area contributed by atoms with E-state index in [4.69, 9.17) is 0 Å². The zero-order valence-corrected chi connectivity index (χ0v) is 13.1. The number of benzene rings is 1. The second-order valence-electron chi connectivity index (χ2n) is 7.73. The minimum absolute atomic E-state index is 0.292. The van der Waals surface area contributed by atoms with Crippen LogP contribution in [0.25, 0.3) is 0 Å². The van der Waals surface area contributed by atoms with Gasteiger partial charge in [-0.25, -0.2) is 0 Å². The summed E-state index contributed by atoms with van der Waals surface area (Å²) in [5, 5.41) is 0. The van der Waals surface area contributed by atoms with E-state index in [-0.39, 0.29) is 0 Å². The van der Waals surface area contributed by atoms with Crippen LogP contribution in [-0.4, -0.2) is 5.78 Å². The van der Waals surface area contributed by atoms with Crippen LogP contribution in [0.15, 0.2) is 29.8 Å². The highest BCUT2D eigenvalue weighted by Gasteiger charge is 2.51. The number of allylic oxidation sites excluding steroid dienone is 2. The van der Waals surface area contributed by atoms with E-state index in [1.54, 1.807) is 5.57 Å². The van der Waals surface area contributed by atoms with Crippen molar-refractivity contribution in [2.45, 2.75) is 57.8 Å². The number of hydrogen-bond acceptors (Lipinski definition) is 1. The zero-order chi connectivity index (χ0) is 14.6. The summed E-state index contributed by atoms with van der Waals surface area (Å²) in [5.74, 6) is 1.79. The van der Waals surface area contributed by atoms with E-state index < -0.39 is 0 Å². The van der Waals surface area contributed by atoms with Gasteiger partial charge in [0.1, 0.15) is 0 Å². The lowest BCUT2D eigenvalue weighted by Gasteiger charge is -2.41. The van der Waals surface area contributed by atoms with Gasteiger partial charge in [0.2, 0.25) is 0 Å². The first-order valence-corrected chi connectivity index (χ1v) is 8.43. The lowest BCUT2D eigenvalue weighted by molar-refractivity contribution is 0.0939. The van der Waals surface area contributed by atoms with Gasteiger partial charge in [-0.05, 0) is 55.1 Å². The monoisotopic (exact) mass is 280 g/mol. The van der Waals surface area contributed by atoms with Crippen LogP contribution in [0.4, 0.5) is 0 Å². The molecule has 1 heteroatoms. The van der Waals surface area contributed by atoms with Crippen LogP contribution in [0.5, 0.6) is 0 Å². The molecule has 0 radical (unpaired) electrons. The predicted octanol–water partition coefficient (Wildman–Crippen LogP) is 4.84. The van der Waals surface area contributed by atoms with Crippen LogP contribution in [0, 0.1) is 11.8 Å². The zero-order valence-electron chi connectivity index (χ0n) is 13.1. The fourth-order valence-electron chi connectivity index (χ4n) is 4.97. The number of rotatable bonds is 2. The molecule has 3 aliphatic rings. The number of Topliss-reactive ketones (excluding diaryl/α,β-unsaturated/α-hetero) is 1. The molecule has 1 saturated carbocycles. The Morgan fingerprint density at radius 2 is 2.19 bits per heavy atom. The summed E-state index contributed by atoms with van der Waals surface area (Å²) in [5.41, 5.74) is 5.77. The van der Waals surface area contributed by atoms with Gasteiger partial charge in [0.15, 0.2) is 5.78 Å². The Hall–Kier alpha value is -1.37. The molecule has 2 unspecified atom stereocenters. The van der Waals surface area contributed by atoms with E-state index >= 15 is 0 Å². The molecule has 3 aliphatic carbocycles. The van der Waals surface area contributed by atoms with Gasteiger partial charge in [0.05, 0.1) is 0 Å². The molecule has 21 heavy (non-hydrogen) atoms. The molecular formula is C20H24O. The highest BCUT2D eigenvalue weighted by Crippen LogP contribution is 2.58. The third-order valence-electron chi connectivity index (χ3n) is 5.89. The molecule has 1 aromatic rings. The molecule has 1 spiro atoms. The maximum Gasteiger partial charge on any atom is 0.163 e. The summed E-state index contributed by atoms with van der Waals surface area (Å²) in [7, 11) is 0. The molecule has 0 aromatic heterocycles. The van der Waals surface area contributed by atoms with Crippen molar-refractivity contribution in [3.8, 4) is 0 Å². The Bertz CT molecular complexity index is 637. The van der Waals surface area contributed by atoms with E-state index in [1.807, 2.05) is 0 Å². The lowest BCUT2D eigenvalue weighted by Crippen LogP contribution is -2.37. The number of carbonyl (C=O) groups excluding carboxylic acids is 1. The van der Waals surface area contributed by atoms with Crippen molar-refractivity contribution in [1.29, 1.82) is 0 Å². The van der Waals surface area contributed by atoms with Crippen LogP contribution >= 0.6 is 0 Å². The molecule has 0 heterocycles. The van der Waals surface area contributed by atoms with Gasteiger partial charge in [-0.1, -0.05) is 43.7 Å². The summed E-state index contributed by atoms with van der Waals surface area (Å²) in [6.07, 6.45) is 9.11. The second-order valence-corrected chi connectivity index (χ2v) is 7.73. The smallest absolute Gasteiger partial charge is 0.163 e. The van der Waals surface area contributed by atoms with Crippen molar-refractivity contribution in [3.63, 3.8) is 0 Å². The van der Waals surface area contributed by atoms with Crippen molar-refractivity contribution in [1.82, 2.24) is 0 Å². The molecule has 1 nitrogen and oxygen atoms in total. The first-order chi connectivity index (χ1) is 10.1. The van der Waals surface area contributed by atoms with E-state index in [0.29, 0.717) is 17.1 Å². The normalized spacial score (nSPS) is 30.1. The number of carbonyl (C=O) groups is 1. The minimum Gasteiger partial charge on any atom is -0.294 e. The Morgan fingerprint density at radius 3 is 2.86 bits per heavy atom. The van der Waals surface area contributed by atoms with Crippen molar-refractivity contribution < 1.29 is 4.79 Å². The predicted molar refractivity (Wildman–Crippen MR) is 85.7 cm³/mol. The third-order valence-corrected chi connectivity index (χ3v) is 5.89. The van der Waals surface area contributed by atoms with Crippen LogP contribution in [0.2, 0.25) is 0 Å². The van der Waals surface area contributed by atoms with Crippen LogP contribution < -0.4 is 0 Å². The molecule has 110 valence electrons. The summed E-state index contributed by atoms with van der Waals surface area (Å²) < 4.78 is 0. The van der Waals surface area contributed by atoms with E-state index in [9.17, 15) is 4.79 Å². The van der Waals surface area contributed by atoms with Crippen LogP contribution in [-0.2, 0) is 11.8 Å². The Kier molecular flexibility index (Phi) is 2.89. The molecular weight excluding hydrogens is 256 g/mol. The van der Waals surface area contributed by atoms with E-state index in [2.05, 4.69) is 38.1 Å². The van der Waals surface area contributed by atoms with Gasteiger partial charge >= 0.3 is 0 Å². The number of ketones is 1. The quantitative estimate of drug-likeness (QED) is 0.708. The Labute approximate surface area is 127 Å². The van der Waals surface area contributed by atoms with Crippen molar-refractivity contribution in [2.24, 2.45) is 11.8 Å². The van der Waals surface area contributed by atoms with Gasteiger partial charge in [-0.2, -0.15) is 0 Å². The van der Waals surface area contributed by atoms with Gasteiger partial charge < -0.3 is 0 Å². The molecule has 2 bridgehead atoms. The van der Waals surface area contributed by atoms with Gasteiger partial charge in [0.25, 0.3) is 0 Å². The van der Waals surface area contributed by atoms with Crippen molar-refractivity contribution >= 4 is 5.78 Å². The molecule has 1 fully saturated rings. The molecule has 0 saturated heterocycles. The summed E-state index contributed by atoms with van der Waals surface area (Å²) in [6, 6.07) is 6.69. The molecule has 4 rings (SSSR count). The van der Waals surface area contributed by atoms with Crippen LogP contribution in [0.3, 0.4) is 0 Å². The fourth-order valence-corrected chi connectivity index (χ4v) is 4.97. The average Bonchev–Trinajstić information content (AvgIpc) is 3.04. The maximum atomic E-state index is 12.4. The first kappa shape index (κ1) is 13.3. The lowest BCUT2D eigenvalue weighted by atomic mass is 9.62. The Morgan fingerprint density at radius 1 is 1.33 bits per heavy atom. The fraction of sp³-hybridized carbons (Fsp3) is 0.550. The van der Waals surface area contributed by atoms with Crippen LogP contribution in [0.1, 0.15) is 67.4 Å². The van der Waals surface area contributed by atoms with Crippen molar-refractivity contribution in [3.05, 3.63) is 46.5 Å². The highest BCUT2D eigenvalue weighted by molar-refractivity contribution is 5.99. The van der Waals surface area contributed by atoms with Gasteiger partial charge in [-0.15, -0.1) is 0 Å². The van der Waals surface area contributed by atoms with Crippen molar-refractivity contribution in [2.75, 3.05) is 0 Å². The average molecular weight is 280 g/mol. The number of fused-ring (bicyclic) bond motifs is 5. The second kappa shape index (κ2) is 4.56. The molecule has 0 aliphatic heterocycles. The van der Waals surface area contributed by atoms with Gasteiger partial charge in [-0.3, -0.25) is 4.79 Å². The van der Waals surface area contributed by atoms with E-state index in [1.165, 1.54) is 30.4 Å². The summed E-state index contributed by atoms with van der Waals surface area (Å²) >= 11 is 0. The standard InChI is InChI=1S/C20H24O/c1-13(2)9-14-4-6-17-18(11-14)20(8-7-19(17)21)12-15-3-5-16(20)10-15/h3-4,6,11,13,16H,5,7-10,12H2,1-2H3.